The molecular weight excluding hydrogens is 249 g/mol. The molecule has 2 atom stereocenters. The SMILES string of the molecule is Cc1cc(F)cc(NC2CCC(C)c3ccccc32)c1. The van der Waals surface area contributed by atoms with Gasteiger partial charge in [0.15, 0.2) is 0 Å². The van der Waals surface area contributed by atoms with Crippen molar-refractivity contribution in [3.05, 3.63) is 65.0 Å². The first-order valence-electron chi connectivity index (χ1n) is 7.26. The van der Waals surface area contributed by atoms with Gasteiger partial charge in [-0.15, -0.1) is 0 Å². The lowest BCUT2D eigenvalue weighted by molar-refractivity contribution is 0.534. The number of hydrogen-bond acceptors (Lipinski definition) is 1. The highest BCUT2D eigenvalue weighted by Gasteiger charge is 2.24. The Balaban J connectivity index is 1.90. The number of benzene rings is 2. The molecule has 20 heavy (non-hydrogen) atoms. The molecule has 0 spiro atoms. The minimum absolute atomic E-state index is 0.176. The summed E-state index contributed by atoms with van der Waals surface area (Å²) < 4.78 is 13.5. The van der Waals surface area contributed by atoms with Crippen molar-refractivity contribution in [3.8, 4) is 0 Å². The summed E-state index contributed by atoms with van der Waals surface area (Å²) in [6.45, 7) is 4.20. The van der Waals surface area contributed by atoms with Crippen LogP contribution in [0.3, 0.4) is 0 Å². The number of halogens is 1. The Labute approximate surface area is 119 Å². The van der Waals surface area contributed by atoms with Crippen LogP contribution in [0.2, 0.25) is 0 Å². The van der Waals surface area contributed by atoms with Crippen LogP contribution < -0.4 is 5.32 Å². The molecule has 2 aromatic carbocycles. The van der Waals surface area contributed by atoms with E-state index in [2.05, 4.69) is 36.5 Å². The van der Waals surface area contributed by atoms with Crippen LogP contribution in [-0.4, -0.2) is 0 Å². The van der Waals surface area contributed by atoms with Crippen molar-refractivity contribution in [2.75, 3.05) is 5.32 Å². The summed E-state index contributed by atoms with van der Waals surface area (Å²) >= 11 is 0. The van der Waals surface area contributed by atoms with E-state index < -0.39 is 0 Å². The second-order valence-corrected chi connectivity index (χ2v) is 5.82. The van der Waals surface area contributed by atoms with E-state index in [1.165, 1.54) is 17.5 Å². The number of rotatable bonds is 2. The molecule has 3 rings (SSSR count). The maximum Gasteiger partial charge on any atom is 0.125 e. The minimum atomic E-state index is -0.176. The molecule has 0 bridgehead atoms. The van der Waals surface area contributed by atoms with Crippen LogP contribution in [0.25, 0.3) is 0 Å². The van der Waals surface area contributed by atoms with Crippen LogP contribution in [0.4, 0.5) is 10.1 Å². The number of fused-ring (bicyclic) bond motifs is 1. The summed E-state index contributed by atoms with van der Waals surface area (Å²) in [5, 5.41) is 3.50. The molecule has 2 aromatic rings. The minimum Gasteiger partial charge on any atom is -0.378 e. The van der Waals surface area contributed by atoms with Gasteiger partial charge in [0.05, 0.1) is 6.04 Å². The predicted molar refractivity (Wildman–Crippen MR) is 81.6 cm³/mol. The second kappa shape index (κ2) is 5.28. The number of anilines is 1. The lowest BCUT2D eigenvalue weighted by atomic mass is 9.81. The van der Waals surface area contributed by atoms with E-state index >= 15 is 0 Å². The van der Waals surface area contributed by atoms with Gasteiger partial charge in [-0.3, -0.25) is 0 Å². The zero-order valence-corrected chi connectivity index (χ0v) is 12.0. The van der Waals surface area contributed by atoms with Crippen LogP contribution in [-0.2, 0) is 0 Å². The van der Waals surface area contributed by atoms with Crippen LogP contribution in [0, 0.1) is 12.7 Å². The number of nitrogens with one attached hydrogen (secondary N) is 1. The summed E-state index contributed by atoms with van der Waals surface area (Å²) in [4.78, 5) is 0. The molecule has 0 fully saturated rings. The largest absolute Gasteiger partial charge is 0.378 e. The molecule has 0 aromatic heterocycles. The molecule has 104 valence electrons. The van der Waals surface area contributed by atoms with Crippen molar-refractivity contribution in [3.63, 3.8) is 0 Å². The average molecular weight is 269 g/mol. The van der Waals surface area contributed by atoms with E-state index in [1.54, 1.807) is 12.1 Å². The maximum atomic E-state index is 13.5. The fraction of sp³-hybridized carbons (Fsp3) is 0.333. The monoisotopic (exact) mass is 269 g/mol. The fourth-order valence-electron chi connectivity index (χ4n) is 3.18. The van der Waals surface area contributed by atoms with Crippen LogP contribution in [0.5, 0.6) is 0 Å². The molecule has 1 aliphatic rings. The Kier molecular flexibility index (Phi) is 3.47. The Morgan fingerprint density at radius 1 is 1.05 bits per heavy atom. The first-order valence-corrected chi connectivity index (χ1v) is 7.26. The number of aryl methyl sites for hydroxylation is 1. The topological polar surface area (TPSA) is 12.0 Å². The van der Waals surface area contributed by atoms with Crippen molar-refractivity contribution < 1.29 is 4.39 Å². The van der Waals surface area contributed by atoms with Crippen molar-refractivity contribution in [1.29, 1.82) is 0 Å². The van der Waals surface area contributed by atoms with Crippen LogP contribution in [0.15, 0.2) is 42.5 Å². The Morgan fingerprint density at radius 2 is 1.80 bits per heavy atom. The highest BCUT2D eigenvalue weighted by Crippen LogP contribution is 2.38. The lowest BCUT2D eigenvalue weighted by Gasteiger charge is -2.31. The molecule has 0 radical (unpaired) electrons. The Hall–Kier alpha value is -1.83. The predicted octanol–water partition coefficient (Wildman–Crippen LogP) is 5.18. The molecule has 2 unspecified atom stereocenters. The number of hydrogen-bond donors (Lipinski definition) is 1. The van der Waals surface area contributed by atoms with Crippen LogP contribution in [0.1, 0.15) is 48.4 Å². The van der Waals surface area contributed by atoms with Gasteiger partial charge in [-0.05, 0) is 60.6 Å². The average Bonchev–Trinajstić information content (AvgIpc) is 2.41. The van der Waals surface area contributed by atoms with Gasteiger partial charge in [-0.2, -0.15) is 0 Å². The van der Waals surface area contributed by atoms with E-state index in [0.29, 0.717) is 5.92 Å². The van der Waals surface area contributed by atoms with E-state index in [0.717, 1.165) is 17.7 Å². The summed E-state index contributed by atoms with van der Waals surface area (Å²) in [5.74, 6) is 0.434. The van der Waals surface area contributed by atoms with Gasteiger partial charge in [0.1, 0.15) is 5.82 Å². The first-order chi connectivity index (χ1) is 9.63. The molecule has 1 aliphatic carbocycles. The lowest BCUT2D eigenvalue weighted by Crippen LogP contribution is -2.19. The van der Waals surface area contributed by atoms with Crippen LogP contribution >= 0.6 is 0 Å². The summed E-state index contributed by atoms with van der Waals surface area (Å²) in [7, 11) is 0. The van der Waals surface area contributed by atoms with Gasteiger partial charge < -0.3 is 5.32 Å². The zero-order chi connectivity index (χ0) is 14.1. The van der Waals surface area contributed by atoms with Crippen molar-refractivity contribution >= 4 is 5.69 Å². The third-order valence-corrected chi connectivity index (χ3v) is 4.17. The molecule has 0 aliphatic heterocycles. The van der Waals surface area contributed by atoms with Gasteiger partial charge in [0.25, 0.3) is 0 Å². The zero-order valence-electron chi connectivity index (χ0n) is 12.0. The molecule has 1 N–H and O–H groups in total. The van der Waals surface area contributed by atoms with E-state index in [9.17, 15) is 4.39 Å². The summed E-state index contributed by atoms with van der Waals surface area (Å²) in [6, 6.07) is 14.0. The van der Waals surface area contributed by atoms with Gasteiger partial charge in [-0.25, -0.2) is 4.39 Å². The highest BCUT2D eigenvalue weighted by molar-refractivity contribution is 5.49. The molecule has 0 amide bonds. The third-order valence-electron chi connectivity index (χ3n) is 4.17. The quantitative estimate of drug-likeness (QED) is 0.791. The molecular formula is C18H20FN. The smallest absolute Gasteiger partial charge is 0.125 e. The molecule has 1 nitrogen and oxygen atoms in total. The Bertz CT molecular complexity index is 600. The van der Waals surface area contributed by atoms with Gasteiger partial charge >= 0.3 is 0 Å². The molecule has 0 heterocycles. The van der Waals surface area contributed by atoms with Crippen molar-refractivity contribution in [1.82, 2.24) is 0 Å². The molecule has 0 saturated carbocycles. The van der Waals surface area contributed by atoms with E-state index in [4.69, 9.17) is 0 Å². The molecule has 0 saturated heterocycles. The van der Waals surface area contributed by atoms with Gasteiger partial charge in [-0.1, -0.05) is 31.2 Å². The van der Waals surface area contributed by atoms with E-state index in [-0.39, 0.29) is 11.9 Å². The van der Waals surface area contributed by atoms with Gasteiger partial charge in [0.2, 0.25) is 0 Å². The fourth-order valence-corrected chi connectivity index (χ4v) is 3.18. The summed E-state index contributed by atoms with van der Waals surface area (Å²) in [6.07, 6.45) is 2.26. The second-order valence-electron chi connectivity index (χ2n) is 5.82. The maximum absolute atomic E-state index is 13.5. The Morgan fingerprint density at radius 3 is 2.55 bits per heavy atom. The van der Waals surface area contributed by atoms with Gasteiger partial charge in [0, 0.05) is 5.69 Å². The van der Waals surface area contributed by atoms with Crippen molar-refractivity contribution in [2.45, 2.75) is 38.6 Å². The van der Waals surface area contributed by atoms with E-state index in [1.807, 2.05) is 13.0 Å². The van der Waals surface area contributed by atoms with Crippen molar-refractivity contribution in [2.24, 2.45) is 0 Å². The first kappa shape index (κ1) is 13.2. The third kappa shape index (κ3) is 2.55. The molecule has 2 heteroatoms. The summed E-state index contributed by atoms with van der Waals surface area (Å²) in [5.41, 5.74) is 4.60. The standard InChI is InChI=1S/C18H20FN/c1-12-9-14(19)11-15(10-12)20-18-8-7-13(2)16-5-3-4-6-17(16)18/h3-6,9-11,13,18,20H,7-8H2,1-2H3. The normalized spacial score (nSPS) is 21.4. The highest BCUT2D eigenvalue weighted by atomic mass is 19.1.